The van der Waals surface area contributed by atoms with E-state index in [4.69, 9.17) is 11.6 Å². The van der Waals surface area contributed by atoms with Crippen LogP contribution in [0.5, 0.6) is 0 Å². The van der Waals surface area contributed by atoms with Crippen molar-refractivity contribution in [3.8, 4) is 22.5 Å². The average Bonchev–Trinajstić information content (AvgIpc) is 3.35. The first-order valence-corrected chi connectivity index (χ1v) is 12.2. The van der Waals surface area contributed by atoms with Crippen LogP contribution in [0.15, 0.2) is 85.5 Å². The molecule has 0 spiro atoms. The van der Waals surface area contributed by atoms with Crippen molar-refractivity contribution in [1.29, 1.82) is 0 Å². The number of ketones is 1. The Morgan fingerprint density at radius 3 is 2.12 bits per heavy atom. The highest BCUT2D eigenvalue weighted by molar-refractivity contribution is 6.35. The quantitative estimate of drug-likeness (QED) is 0.153. The molecule has 0 atom stereocenters. The molecule has 13 heteroatoms. The van der Waals surface area contributed by atoms with Crippen molar-refractivity contribution in [3.63, 3.8) is 0 Å². The summed E-state index contributed by atoms with van der Waals surface area (Å²) in [6.45, 7) is -0.502. The molecule has 0 aliphatic carbocycles. The minimum atomic E-state index is -5.01. The molecule has 0 fully saturated rings. The first-order chi connectivity index (χ1) is 19.4. The van der Waals surface area contributed by atoms with Gasteiger partial charge in [0.2, 0.25) is 0 Å². The zero-order valence-corrected chi connectivity index (χ0v) is 21.3. The van der Waals surface area contributed by atoms with Crippen LogP contribution in [0, 0.1) is 0 Å². The van der Waals surface area contributed by atoms with Crippen molar-refractivity contribution >= 4 is 17.4 Å². The summed E-state index contributed by atoms with van der Waals surface area (Å²) in [4.78, 5) is 21.6. The molecule has 0 aliphatic rings. The van der Waals surface area contributed by atoms with Crippen LogP contribution in [0.3, 0.4) is 0 Å². The first-order valence-electron chi connectivity index (χ1n) is 11.8. The number of benzene rings is 2. The van der Waals surface area contributed by atoms with Gasteiger partial charge < -0.3 is 0 Å². The molecule has 3 heterocycles. The molecule has 0 amide bonds. The van der Waals surface area contributed by atoms with Crippen LogP contribution in [-0.2, 0) is 18.9 Å². The van der Waals surface area contributed by atoms with E-state index < -0.39 is 35.8 Å². The van der Waals surface area contributed by atoms with Gasteiger partial charge >= 0.3 is 12.4 Å². The van der Waals surface area contributed by atoms with Gasteiger partial charge in [-0.3, -0.25) is 14.8 Å². The van der Waals surface area contributed by atoms with Gasteiger partial charge in [0, 0.05) is 47.0 Å². The van der Waals surface area contributed by atoms with Gasteiger partial charge in [-0.25, -0.2) is 4.68 Å². The number of nitrogens with zero attached hydrogens (tertiary/aromatic N) is 5. The summed E-state index contributed by atoms with van der Waals surface area (Å²) in [7, 11) is 0. The van der Waals surface area contributed by atoms with Crippen LogP contribution in [0.1, 0.15) is 32.6 Å². The van der Waals surface area contributed by atoms with Crippen LogP contribution in [0.4, 0.5) is 26.3 Å². The summed E-state index contributed by atoms with van der Waals surface area (Å²) in [5.41, 5.74) is -1.92. The van der Waals surface area contributed by atoms with E-state index >= 15 is 0 Å². The lowest BCUT2D eigenvalue weighted by Crippen LogP contribution is -2.13. The number of hydrogen-bond acceptors (Lipinski definition) is 5. The summed E-state index contributed by atoms with van der Waals surface area (Å²) >= 11 is 6.24. The maximum Gasteiger partial charge on any atom is 0.416 e. The van der Waals surface area contributed by atoms with Crippen LogP contribution >= 0.6 is 11.6 Å². The third-order valence-electron chi connectivity index (χ3n) is 6.09. The van der Waals surface area contributed by atoms with E-state index in [1.807, 2.05) is 0 Å². The maximum absolute atomic E-state index is 13.5. The molecule has 0 aliphatic heterocycles. The SMILES string of the molecule is O=C(c1ccccc1Cl)c1ccncc1-c1nnn(Cc2cc(C(F)(F)F)cc(C(F)(F)F)c2)c1-c1cccnc1. The molecule has 5 rings (SSSR count). The Morgan fingerprint density at radius 2 is 1.49 bits per heavy atom. The van der Waals surface area contributed by atoms with E-state index in [-0.39, 0.29) is 44.7 Å². The number of aromatic nitrogens is 5. The molecular weight excluding hydrogens is 572 g/mol. The fourth-order valence-electron chi connectivity index (χ4n) is 4.25. The summed E-state index contributed by atoms with van der Waals surface area (Å²) in [6, 6.07) is 12.4. The Kier molecular flexibility index (Phi) is 7.35. The molecule has 0 bridgehead atoms. The Bertz CT molecular complexity index is 1700. The Balaban J connectivity index is 1.67. The smallest absolute Gasteiger partial charge is 0.289 e. The molecule has 0 unspecified atom stereocenters. The zero-order valence-electron chi connectivity index (χ0n) is 20.6. The van der Waals surface area contributed by atoms with Gasteiger partial charge in [0.1, 0.15) is 5.69 Å². The molecule has 6 nitrogen and oxygen atoms in total. The highest BCUT2D eigenvalue weighted by Gasteiger charge is 2.37. The van der Waals surface area contributed by atoms with E-state index in [0.717, 1.165) is 4.68 Å². The third kappa shape index (κ3) is 5.82. The van der Waals surface area contributed by atoms with E-state index in [0.29, 0.717) is 17.7 Å². The van der Waals surface area contributed by atoms with Crippen molar-refractivity contribution < 1.29 is 31.1 Å². The second-order valence-electron chi connectivity index (χ2n) is 8.83. The van der Waals surface area contributed by atoms with Crippen molar-refractivity contribution in [2.24, 2.45) is 0 Å². The number of carbonyl (C=O) groups is 1. The number of hydrogen-bond donors (Lipinski definition) is 0. The summed E-state index contributed by atoms with van der Waals surface area (Å²) in [5.74, 6) is -0.451. The third-order valence-corrected chi connectivity index (χ3v) is 6.42. The molecule has 2 aromatic carbocycles. The molecule has 0 saturated carbocycles. The van der Waals surface area contributed by atoms with Crippen molar-refractivity contribution in [2.75, 3.05) is 0 Å². The highest BCUT2D eigenvalue weighted by atomic mass is 35.5. The Labute approximate surface area is 233 Å². The van der Waals surface area contributed by atoms with Crippen molar-refractivity contribution in [2.45, 2.75) is 18.9 Å². The van der Waals surface area contributed by atoms with Crippen LogP contribution in [0.2, 0.25) is 5.02 Å². The lowest BCUT2D eigenvalue weighted by molar-refractivity contribution is -0.143. The second kappa shape index (κ2) is 10.8. The van der Waals surface area contributed by atoms with E-state index in [9.17, 15) is 31.1 Å². The second-order valence-corrected chi connectivity index (χ2v) is 9.24. The lowest BCUT2D eigenvalue weighted by atomic mass is 9.96. The van der Waals surface area contributed by atoms with Crippen molar-refractivity contribution in [1.82, 2.24) is 25.0 Å². The number of halogens is 7. The van der Waals surface area contributed by atoms with E-state index in [2.05, 4.69) is 20.3 Å². The number of carbonyl (C=O) groups excluding carboxylic acids is 1. The van der Waals surface area contributed by atoms with Gasteiger partial charge in [-0.2, -0.15) is 26.3 Å². The molecule has 0 saturated heterocycles. The molecule has 5 aromatic rings. The van der Waals surface area contributed by atoms with Gasteiger partial charge in [-0.1, -0.05) is 28.9 Å². The van der Waals surface area contributed by atoms with Crippen molar-refractivity contribution in [3.05, 3.63) is 118 Å². The van der Waals surface area contributed by atoms with Gasteiger partial charge in [0.05, 0.1) is 28.4 Å². The topological polar surface area (TPSA) is 73.6 Å². The fraction of sp³-hybridized carbons (Fsp3) is 0.107. The zero-order chi connectivity index (χ0) is 29.4. The van der Waals surface area contributed by atoms with E-state index in [1.165, 1.54) is 30.9 Å². The predicted molar refractivity (Wildman–Crippen MR) is 137 cm³/mol. The Hall–Kier alpha value is -4.58. The van der Waals surface area contributed by atoms with Crippen LogP contribution in [-0.4, -0.2) is 30.7 Å². The van der Waals surface area contributed by atoms with Gasteiger partial charge in [0.15, 0.2) is 5.78 Å². The minimum Gasteiger partial charge on any atom is -0.289 e. The standard InChI is InChI=1S/C28H16ClF6N5O/c29-23-6-2-1-5-21(23)26(41)20-7-9-37-14-22(20)24-25(17-4-3-8-36-13-17)40(39-38-24)15-16-10-18(27(30,31)32)12-19(11-16)28(33,34)35/h1-14H,15H2. The number of rotatable bonds is 6. The largest absolute Gasteiger partial charge is 0.416 e. The molecular formula is C28H16ClF6N5O. The normalized spacial score (nSPS) is 12.0. The average molecular weight is 588 g/mol. The molecule has 3 aromatic heterocycles. The minimum absolute atomic E-state index is 0.0561. The number of pyridine rings is 2. The molecule has 0 radical (unpaired) electrons. The predicted octanol–water partition coefficient (Wildman–Crippen LogP) is 7.37. The first kappa shape index (κ1) is 28.0. The lowest BCUT2D eigenvalue weighted by Gasteiger charge is -2.15. The molecule has 208 valence electrons. The summed E-state index contributed by atoms with van der Waals surface area (Å²) < 4.78 is 82.0. The highest BCUT2D eigenvalue weighted by Crippen LogP contribution is 2.38. The summed E-state index contributed by atoms with van der Waals surface area (Å²) in [6.07, 6.45) is -4.36. The van der Waals surface area contributed by atoms with Crippen LogP contribution in [0.25, 0.3) is 22.5 Å². The van der Waals surface area contributed by atoms with E-state index in [1.54, 1.807) is 36.4 Å². The van der Waals surface area contributed by atoms with Crippen LogP contribution < -0.4 is 0 Å². The number of alkyl halides is 6. The monoisotopic (exact) mass is 587 g/mol. The molecule has 41 heavy (non-hydrogen) atoms. The fourth-order valence-corrected chi connectivity index (χ4v) is 4.47. The van der Waals surface area contributed by atoms with Gasteiger partial charge in [-0.05, 0) is 54.1 Å². The van der Waals surface area contributed by atoms with Gasteiger partial charge in [0.25, 0.3) is 0 Å². The summed E-state index contributed by atoms with van der Waals surface area (Å²) in [5, 5.41) is 8.44. The van der Waals surface area contributed by atoms with Gasteiger partial charge in [-0.15, -0.1) is 5.10 Å². The maximum atomic E-state index is 13.5. The molecule has 0 N–H and O–H groups in total. The Morgan fingerprint density at radius 1 is 0.805 bits per heavy atom.